The molecule has 0 saturated carbocycles. The first-order valence-electron chi connectivity index (χ1n) is 8.77. The van der Waals surface area contributed by atoms with Gasteiger partial charge in [-0.25, -0.2) is 0 Å². The lowest BCUT2D eigenvalue weighted by Gasteiger charge is -2.12. The number of nitrogens with one attached hydrogen (secondary N) is 1. The third-order valence-corrected chi connectivity index (χ3v) is 5.28. The summed E-state index contributed by atoms with van der Waals surface area (Å²) < 4.78 is 1.96. The number of thioether (sulfide) groups is 1. The maximum atomic E-state index is 12.1. The lowest BCUT2D eigenvalue weighted by atomic mass is 10.2. The molecule has 0 bridgehead atoms. The van der Waals surface area contributed by atoms with Gasteiger partial charge in [0.25, 0.3) is 0 Å². The van der Waals surface area contributed by atoms with Crippen molar-refractivity contribution in [1.82, 2.24) is 20.1 Å². The van der Waals surface area contributed by atoms with Crippen LogP contribution in [0.15, 0.2) is 59.8 Å². The number of carbonyl (C=O) groups is 1. The minimum absolute atomic E-state index is 0.00925. The molecule has 0 aliphatic heterocycles. The van der Waals surface area contributed by atoms with Gasteiger partial charge in [-0.2, -0.15) is 0 Å². The highest BCUT2D eigenvalue weighted by Gasteiger charge is 2.17. The number of benzene rings is 2. The van der Waals surface area contributed by atoms with Gasteiger partial charge >= 0.3 is 0 Å². The second-order valence-corrected chi connectivity index (χ2v) is 7.53. The average Bonchev–Trinajstić information content (AvgIpc) is 3.11. The van der Waals surface area contributed by atoms with Crippen LogP contribution in [0.5, 0.6) is 0 Å². The van der Waals surface area contributed by atoms with Gasteiger partial charge < -0.3 is 5.32 Å². The van der Waals surface area contributed by atoms with Gasteiger partial charge in [0.2, 0.25) is 5.91 Å². The van der Waals surface area contributed by atoms with Gasteiger partial charge in [0, 0.05) is 22.3 Å². The highest BCUT2D eigenvalue weighted by molar-refractivity contribution is 7.99. The Hall–Kier alpha value is -2.31. The van der Waals surface area contributed by atoms with Crippen molar-refractivity contribution in [3.63, 3.8) is 0 Å². The van der Waals surface area contributed by atoms with Crippen molar-refractivity contribution < 1.29 is 4.79 Å². The van der Waals surface area contributed by atoms with E-state index in [2.05, 4.69) is 15.5 Å². The molecular formula is C20H21ClN4OS. The molecule has 0 saturated heterocycles. The molecule has 27 heavy (non-hydrogen) atoms. The largest absolute Gasteiger partial charge is 0.353 e. The normalized spacial score (nSPS) is 12.0. The summed E-state index contributed by atoms with van der Waals surface area (Å²) >= 11 is 7.38. The van der Waals surface area contributed by atoms with E-state index in [0.717, 1.165) is 17.7 Å². The molecule has 0 radical (unpaired) electrons. The molecule has 1 heterocycles. The van der Waals surface area contributed by atoms with Crippen LogP contribution in [-0.4, -0.2) is 32.5 Å². The Morgan fingerprint density at radius 1 is 1.15 bits per heavy atom. The van der Waals surface area contributed by atoms with E-state index < -0.39 is 0 Å². The predicted octanol–water partition coefficient (Wildman–Crippen LogP) is 4.59. The predicted molar refractivity (Wildman–Crippen MR) is 110 cm³/mol. The van der Waals surface area contributed by atoms with Crippen LogP contribution in [0.3, 0.4) is 0 Å². The van der Waals surface area contributed by atoms with E-state index in [1.807, 2.05) is 73.0 Å². The smallest absolute Gasteiger partial charge is 0.230 e. The first-order chi connectivity index (χ1) is 13.1. The maximum absolute atomic E-state index is 12.1. The summed E-state index contributed by atoms with van der Waals surface area (Å²) in [6, 6.07) is 17.5. The average molecular weight is 401 g/mol. The molecule has 3 rings (SSSR count). The Morgan fingerprint density at radius 3 is 2.52 bits per heavy atom. The molecule has 1 unspecified atom stereocenters. The molecule has 2 aromatic carbocycles. The fraction of sp³-hybridized carbons (Fsp3) is 0.250. The van der Waals surface area contributed by atoms with Crippen LogP contribution in [0.1, 0.15) is 20.3 Å². The van der Waals surface area contributed by atoms with Crippen molar-refractivity contribution in [2.75, 3.05) is 5.75 Å². The third kappa shape index (κ3) is 4.90. The number of carbonyl (C=O) groups excluding carboxylic acids is 1. The number of aromatic nitrogens is 3. The van der Waals surface area contributed by atoms with Crippen LogP contribution in [-0.2, 0) is 4.79 Å². The second kappa shape index (κ2) is 9.06. The Labute approximate surface area is 168 Å². The molecule has 140 valence electrons. The van der Waals surface area contributed by atoms with Gasteiger partial charge in [0.05, 0.1) is 5.75 Å². The summed E-state index contributed by atoms with van der Waals surface area (Å²) in [4.78, 5) is 12.1. The Morgan fingerprint density at radius 2 is 1.85 bits per heavy atom. The van der Waals surface area contributed by atoms with Crippen LogP contribution in [0.4, 0.5) is 0 Å². The molecular weight excluding hydrogens is 380 g/mol. The second-order valence-electron chi connectivity index (χ2n) is 6.15. The van der Waals surface area contributed by atoms with E-state index in [4.69, 9.17) is 11.6 Å². The highest BCUT2D eigenvalue weighted by Crippen LogP contribution is 2.28. The topological polar surface area (TPSA) is 59.8 Å². The SMILES string of the molecule is CCC(C)NC(=O)CSc1nnc(-c2ccc(Cl)cc2)n1-c1ccccc1. The van der Waals surface area contributed by atoms with E-state index >= 15 is 0 Å². The number of rotatable bonds is 7. The highest BCUT2D eigenvalue weighted by atomic mass is 35.5. The molecule has 3 aromatic rings. The third-order valence-electron chi connectivity index (χ3n) is 4.10. The summed E-state index contributed by atoms with van der Waals surface area (Å²) in [5.41, 5.74) is 1.85. The number of hydrogen-bond donors (Lipinski definition) is 1. The Balaban J connectivity index is 1.90. The van der Waals surface area contributed by atoms with Crippen molar-refractivity contribution in [3.8, 4) is 17.1 Å². The van der Waals surface area contributed by atoms with Gasteiger partial charge in [-0.05, 0) is 49.7 Å². The Kier molecular flexibility index (Phi) is 6.53. The summed E-state index contributed by atoms with van der Waals surface area (Å²) in [6.45, 7) is 4.04. The van der Waals surface area contributed by atoms with Gasteiger partial charge in [0.15, 0.2) is 11.0 Å². The van der Waals surface area contributed by atoms with Gasteiger partial charge in [-0.3, -0.25) is 9.36 Å². The van der Waals surface area contributed by atoms with Crippen LogP contribution >= 0.6 is 23.4 Å². The van der Waals surface area contributed by atoms with Crippen molar-refractivity contribution in [2.24, 2.45) is 0 Å². The summed E-state index contributed by atoms with van der Waals surface area (Å²) in [5.74, 6) is 0.989. The first kappa shape index (κ1) is 19.5. The molecule has 5 nitrogen and oxygen atoms in total. The first-order valence-corrected chi connectivity index (χ1v) is 10.1. The van der Waals surface area contributed by atoms with Crippen molar-refractivity contribution in [2.45, 2.75) is 31.5 Å². The number of amides is 1. The molecule has 1 amide bonds. The monoisotopic (exact) mass is 400 g/mol. The minimum atomic E-state index is -0.00925. The van der Waals surface area contributed by atoms with Gasteiger partial charge in [-0.15, -0.1) is 10.2 Å². The number of hydrogen-bond acceptors (Lipinski definition) is 4. The van der Waals surface area contributed by atoms with E-state index in [-0.39, 0.29) is 17.7 Å². The van der Waals surface area contributed by atoms with Gasteiger partial charge in [-0.1, -0.05) is 48.5 Å². The van der Waals surface area contributed by atoms with Crippen LogP contribution in [0.25, 0.3) is 17.1 Å². The fourth-order valence-corrected chi connectivity index (χ4v) is 3.40. The van der Waals surface area contributed by atoms with Crippen LogP contribution in [0.2, 0.25) is 5.02 Å². The van der Waals surface area contributed by atoms with E-state index in [1.54, 1.807) is 0 Å². The fourth-order valence-electron chi connectivity index (χ4n) is 2.51. The van der Waals surface area contributed by atoms with Crippen molar-refractivity contribution in [1.29, 1.82) is 0 Å². The molecule has 0 aliphatic rings. The molecule has 1 aromatic heterocycles. The summed E-state index contributed by atoms with van der Waals surface area (Å²) in [6.07, 6.45) is 0.900. The number of nitrogens with zero attached hydrogens (tertiary/aromatic N) is 3. The van der Waals surface area contributed by atoms with Crippen molar-refractivity contribution >= 4 is 29.3 Å². The zero-order chi connectivity index (χ0) is 19.2. The molecule has 1 atom stereocenters. The summed E-state index contributed by atoms with van der Waals surface area (Å²) in [5, 5.41) is 13.0. The molecule has 0 aliphatic carbocycles. The van der Waals surface area contributed by atoms with Crippen LogP contribution in [0, 0.1) is 0 Å². The lowest BCUT2D eigenvalue weighted by molar-refractivity contribution is -0.119. The lowest BCUT2D eigenvalue weighted by Crippen LogP contribution is -2.33. The molecule has 7 heteroatoms. The standard InChI is InChI=1S/C20H21ClN4OS/c1-3-14(2)22-18(26)13-27-20-24-23-19(15-9-11-16(21)12-10-15)25(20)17-7-5-4-6-8-17/h4-12,14H,3,13H2,1-2H3,(H,22,26). The Bertz CT molecular complexity index is 896. The zero-order valence-electron chi connectivity index (χ0n) is 15.2. The zero-order valence-corrected chi connectivity index (χ0v) is 16.8. The van der Waals surface area contributed by atoms with Gasteiger partial charge in [0.1, 0.15) is 0 Å². The number of para-hydroxylation sites is 1. The minimum Gasteiger partial charge on any atom is -0.353 e. The quantitative estimate of drug-likeness (QED) is 0.589. The van der Waals surface area contributed by atoms with E-state index in [0.29, 0.717) is 16.0 Å². The van der Waals surface area contributed by atoms with E-state index in [9.17, 15) is 4.79 Å². The van der Waals surface area contributed by atoms with Crippen LogP contribution < -0.4 is 5.32 Å². The number of halogens is 1. The molecule has 0 fully saturated rings. The molecule has 0 spiro atoms. The molecule has 1 N–H and O–H groups in total. The van der Waals surface area contributed by atoms with E-state index in [1.165, 1.54) is 11.8 Å². The summed E-state index contributed by atoms with van der Waals surface area (Å²) in [7, 11) is 0. The maximum Gasteiger partial charge on any atom is 0.230 e. The van der Waals surface area contributed by atoms with Crippen molar-refractivity contribution in [3.05, 3.63) is 59.6 Å².